The molecule has 3 rings (SSSR count). The van der Waals surface area contributed by atoms with Crippen molar-refractivity contribution in [1.82, 2.24) is 9.55 Å². The molecule has 1 heterocycles. The fourth-order valence-electron chi connectivity index (χ4n) is 2.47. The Morgan fingerprint density at radius 2 is 1.61 bits per heavy atom. The molecular formula is C18H10BrF5N2O2. The number of hydrogen-bond acceptors (Lipinski definition) is 3. The molecule has 0 radical (unpaired) electrons. The number of rotatable bonds is 4. The van der Waals surface area contributed by atoms with Gasteiger partial charge in [-0.3, -0.25) is 9.36 Å². The molecule has 0 N–H and O–H groups in total. The average Bonchev–Trinajstić information content (AvgIpc) is 2.60. The van der Waals surface area contributed by atoms with E-state index in [2.05, 4.69) is 20.9 Å². The van der Waals surface area contributed by atoms with Gasteiger partial charge in [-0.1, -0.05) is 0 Å². The Hall–Kier alpha value is -2.75. The molecule has 3 aromatic rings. The number of halogens is 6. The maximum atomic E-state index is 14.0. The highest BCUT2D eigenvalue weighted by Crippen LogP contribution is 2.24. The summed E-state index contributed by atoms with van der Waals surface area (Å²) >= 11 is 2.94. The lowest BCUT2D eigenvalue weighted by molar-refractivity contribution is 0.283. The van der Waals surface area contributed by atoms with Crippen LogP contribution in [0.4, 0.5) is 22.0 Å². The summed E-state index contributed by atoms with van der Waals surface area (Å²) in [7, 11) is 0. The maximum absolute atomic E-state index is 14.0. The predicted octanol–water partition coefficient (Wildman–Crippen LogP) is 4.58. The van der Waals surface area contributed by atoms with Crippen LogP contribution in [0.3, 0.4) is 0 Å². The van der Waals surface area contributed by atoms with Crippen molar-refractivity contribution in [3.8, 4) is 11.6 Å². The van der Waals surface area contributed by atoms with E-state index in [1.54, 1.807) is 0 Å². The summed E-state index contributed by atoms with van der Waals surface area (Å²) < 4.78 is 73.5. The smallest absolute Gasteiger partial charge is 0.276 e. The standard InChI is InChI=1S/C18H10BrF5N2O2/c1-8-25-17(28-7-9-2-3-10(20)4-12(9)22)15(19)18(27)26(8)16-13(23)5-11(21)6-14(16)24/h2-6H,7H2,1H3. The molecule has 0 bridgehead atoms. The van der Waals surface area contributed by atoms with E-state index in [4.69, 9.17) is 4.74 Å². The summed E-state index contributed by atoms with van der Waals surface area (Å²) in [6.07, 6.45) is 0. The zero-order chi connectivity index (χ0) is 20.6. The van der Waals surface area contributed by atoms with Gasteiger partial charge in [0.2, 0.25) is 5.88 Å². The van der Waals surface area contributed by atoms with Crippen LogP contribution < -0.4 is 10.3 Å². The maximum Gasteiger partial charge on any atom is 0.276 e. The summed E-state index contributed by atoms with van der Waals surface area (Å²) in [4.78, 5) is 16.5. The van der Waals surface area contributed by atoms with Crippen molar-refractivity contribution < 1.29 is 26.7 Å². The number of hydrogen-bond donors (Lipinski definition) is 0. The fraction of sp³-hybridized carbons (Fsp3) is 0.111. The molecule has 0 aliphatic rings. The minimum Gasteiger partial charge on any atom is -0.472 e. The molecule has 10 heteroatoms. The van der Waals surface area contributed by atoms with Gasteiger partial charge in [-0.15, -0.1) is 0 Å². The molecule has 0 amide bonds. The third-order valence-corrected chi connectivity index (χ3v) is 4.43. The molecule has 0 saturated heterocycles. The third-order valence-electron chi connectivity index (χ3n) is 3.75. The second-order valence-electron chi connectivity index (χ2n) is 5.66. The van der Waals surface area contributed by atoms with Crippen LogP contribution in [0.25, 0.3) is 5.69 Å². The Morgan fingerprint density at radius 3 is 2.21 bits per heavy atom. The van der Waals surface area contributed by atoms with Crippen molar-refractivity contribution in [3.63, 3.8) is 0 Å². The molecule has 0 fully saturated rings. The first kappa shape index (κ1) is 20.0. The number of ether oxygens (including phenoxy) is 1. The predicted molar refractivity (Wildman–Crippen MR) is 92.8 cm³/mol. The molecule has 146 valence electrons. The van der Waals surface area contributed by atoms with Gasteiger partial charge in [-0.25, -0.2) is 22.0 Å². The van der Waals surface area contributed by atoms with Crippen molar-refractivity contribution in [3.05, 3.63) is 85.6 Å². The first-order valence-electron chi connectivity index (χ1n) is 7.70. The molecule has 0 aliphatic heterocycles. The van der Waals surface area contributed by atoms with Crippen LogP contribution in [0.1, 0.15) is 11.4 Å². The fourth-order valence-corrected chi connectivity index (χ4v) is 2.86. The van der Waals surface area contributed by atoms with Crippen molar-refractivity contribution in [2.24, 2.45) is 0 Å². The van der Waals surface area contributed by atoms with Crippen LogP contribution in [0.2, 0.25) is 0 Å². The van der Waals surface area contributed by atoms with Crippen LogP contribution in [-0.4, -0.2) is 9.55 Å². The van der Waals surface area contributed by atoms with E-state index >= 15 is 0 Å². The first-order chi connectivity index (χ1) is 13.2. The largest absolute Gasteiger partial charge is 0.472 e. The van der Waals surface area contributed by atoms with Crippen molar-refractivity contribution in [2.75, 3.05) is 0 Å². The lowest BCUT2D eigenvalue weighted by atomic mass is 10.2. The molecule has 1 aromatic heterocycles. The van der Waals surface area contributed by atoms with Crippen molar-refractivity contribution >= 4 is 15.9 Å². The highest BCUT2D eigenvalue weighted by Gasteiger charge is 2.21. The monoisotopic (exact) mass is 460 g/mol. The number of aromatic nitrogens is 2. The molecule has 4 nitrogen and oxygen atoms in total. The van der Waals surface area contributed by atoms with E-state index < -0.39 is 40.3 Å². The summed E-state index contributed by atoms with van der Waals surface area (Å²) in [5, 5.41) is 0. The van der Waals surface area contributed by atoms with Gasteiger partial charge in [0.05, 0.1) is 0 Å². The molecule has 0 unspecified atom stereocenters. The first-order valence-corrected chi connectivity index (χ1v) is 8.49. The van der Waals surface area contributed by atoms with Gasteiger partial charge in [-0.05, 0) is 35.0 Å². The van der Waals surface area contributed by atoms with Crippen LogP contribution in [0, 0.1) is 36.0 Å². The van der Waals surface area contributed by atoms with Crippen LogP contribution >= 0.6 is 15.9 Å². The third kappa shape index (κ3) is 3.77. The summed E-state index contributed by atoms with van der Waals surface area (Å²) in [5.74, 6) is -5.76. The highest BCUT2D eigenvalue weighted by atomic mass is 79.9. The van der Waals surface area contributed by atoms with Gasteiger partial charge in [0.15, 0.2) is 11.6 Å². The minimum absolute atomic E-state index is 0.00700. The van der Waals surface area contributed by atoms with E-state index in [1.165, 1.54) is 6.92 Å². The van der Waals surface area contributed by atoms with Crippen molar-refractivity contribution in [1.29, 1.82) is 0 Å². The van der Waals surface area contributed by atoms with Gasteiger partial charge in [0.25, 0.3) is 5.56 Å². The Balaban J connectivity index is 2.01. The second kappa shape index (κ2) is 7.70. The van der Waals surface area contributed by atoms with E-state index in [0.29, 0.717) is 22.8 Å². The molecular weight excluding hydrogens is 451 g/mol. The normalized spacial score (nSPS) is 11.0. The van der Waals surface area contributed by atoms with Gasteiger partial charge in [0.1, 0.15) is 40.0 Å². The summed E-state index contributed by atoms with van der Waals surface area (Å²) in [5.41, 5.74) is -1.72. The van der Waals surface area contributed by atoms with Crippen LogP contribution in [0.15, 0.2) is 39.6 Å². The van der Waals surface area contributed by atoms with E-state index in [1.807, 2.05) is 0 Å². The molecule has 0 aliphatic carbocycles. The Morgan fingerprint density at radius 1 is 1.00 bits per heavy atom. The molecule has 0 saturated carbocycles. The molecule has 0 atom stereocenters. The van der Waals surface area contributed by atoms with Gasteiger partial charge < -0.3 is 4.74 Å². The van der Waals surface area contributed by atoms with Gasteiger partial charge >= 0.3 is 0 Å². The van der Waals surface area contributed by atoms with Gasteiger partial charge in [0, 0.05) is 23.8 Å². The van der Waals surface area contributed by atoms with E-state index in [0.717, 1.165) is 12.1 Å². The zero-order valence-electron chi connectivity index (χ0n) is 14.1. The van der Waals surface area contributed by atoms with Gasteiger partial charge in [-0.2, -0.15) is 4.98 Å². The average molecular weight is 461 g/mol. The zero-order valence-corrected chi connectivity index (χ0v) is 15.7. The Labute approximate surface area is 163 Å². The number of benzene rings is 2. The Kier molecular flexibility index (Phi) is 5.50. The highest BCUT2D eigenvalue weighted by molar-refractivity contribution is 9.10. The molecule has 2 aromatic carbocycles. The topological polar surface area (TPSA) is 44.1 Å². The summed E-state index contributed by atoms with van der Waals surface area (Å²) in [6, 6.07) is 3.73. The van der Waals surface area contributed by atoms with Crippen LogP contribution in [-0.2, 0) is 6.61 Å². The summed E-state index contributed by atoms with van der Waals surface area (Å²) in [6.45, 7) is 0.904. The molecule has 0 spiro atoms. The number of aryl methyl sites for hydroxylation is 1. The molecule has 28 heavy (non-hydrogen) atoms. The Bertz CT molecular complexity index is 1110. The van der Waals surface area contributed by atoms with E-state index in [-0.39, 0.29) is 28.3 Å². The SMILES string of the molecule is Cc1nc(OCc2ccc(F)cc2F)c(Br)c(=O)n1-c1c(F)cc(F)cc1F. The minimum atomic E-state index is -1.29. The quantitative estimate of drug-likeness (QED) is 0.535. The number of nitrogens with zero attached hydrogens (tertiary/aromatic N) is 2. The lowest BCUT2D eigenvalue weighted by Crippen LogP contribution is -2.25. The van der Waals surface area contributed by atoms with Crippen molar-refractivity contribution in [2.45, 2.75) is 13.5 Å². The lowest BCUT2D eigenvalue weighted by Gasteiger charge is -2.14. The van der Waals surface area contributed by atoms with Crippen LogP contribution in [0.5, 0.6) is 5.88 Å². The second-order valence-corrected chi connectivity index (χ2v) is 6.45. The van der Waals surface area contributed by atoms with E-state index in [9.17, 15) is 26.7 Å².